The van der Waals surface area contributed by atoms with E-state index in [0.717, 1.165) is 44.5 Å². The molecule has 0 saturated carbocycles. The molecule has 1 amide bonds. The molecule has 2 saturated heterocycles. The van der Waals surface area contributed by atoms with E-state index in [2.05, 4.69) is 42.7 Å². The summed E-state index contributed by atoms with van der Waals surface area (Å²) in [5.41, 5.74) is 1.19. The van der Waals surface area contributed by atoms with Gasteiger partial charge in [0.15, 0.2) is 5.82 Å². The number of likely N-dealkylation sites (N-methyl/N-ethyl adjacent to an activating group) is 1. The Morgan fingerprint density at radius 1 is 1.35 bits per heavy atom. The first-order valence-electron chi connectivity index (χ1n) is 9.16. The first-order valence-corrected chi connectivity index (χ1v) is 9.16. The number of aromatic amines is 1. The van der Waals surface area contributed by atoms with Crippen molar-refractivity contribution in [3.8, 4) is 11.4 Å². The van der Waals surface area contributed by atoms with Gasteiger partial charge in [-0.3, -0.25) is 19.8 Å². The second-order valence-electron chi connectivity index (χ2n) is 7.44. The van der Waals surface area contributed by atoms with Gasteiger partial charge >= 0.3 is 0 Å². The van der Waals surface area contributed by atoms with Gasteiger partial charge in [-0.2, -0.15) is 5.10 Å². The number of rotatable bonds is 4. The predicted molar refractivity (Wildman–Crippen MR) is 97.0 cm³/mol. The van der Waals surface area contributed by atoms with Gasteiger partial charge in [-0.15, -0.1) is 0 Å². The molecule has 8 nitrogen and oxygen atoms in total. The lowest BCUT2D eigenvalue weighted by molar-refractivity contribution is -0.125. The summed E-state index contributed by atoms with van der Waals surface area (Å²) in [4.78, 5) is 23.3. The molecule has 2 aromatic heterocycles. The standard InChI is InChI=1S/C18H25N7O/c1-25-12-18(4-8-20-9-5-18)10-14(25)17(26)21-11-15-22-16(24-23-15)13-2-6-19-7-3-13/h2-3,6-7,14,20H,4-5,8-12H2,1H3,(H,21,26)(H,22,23,24)/t14-/m0/s1. The summed E-state index contributed by atoms with van der Waals surface area (Å²) in [6.07, 6.45) is 6.66. The molecule has 2 fully saturated rings. The average Bonchev–Trinajstić information content (AvgIpc) is 3.26. The fraction of sp³-hybridized carbons (Fsp3) is 0.556. The summed E-state index contributed by atoms with van der Waals surface area (Å²) in [6.45, 7) is 3.47. The summed E-state index contributed by atoms with van der Waals surface area (Å²) in [5, 5.41) is 13.5. The molecule has 8 heteroatoms. The average molecular weight is 355 g/mol. The fourth-order valence-electron chi connectivity index (χ4n) is 4.18. The molecular weight excluding hydrogens is 330 g/mol. The van der Waals surface area contributed by atoms with E-state index < -0.39 is 0 Å². The molecule has 4 rings (SSSR count). The van der Waals surface area contributed by atoms with Gasteiger partial charge in [0.05, 0.1) is 12.6 Å². The highest BCUT2D eigenvalue weighted by Gasteiger charge is 2.45. The lowest BCUT2D eigenvalue weighted by Crippen LogP contribution is -2.41. The van der Waals surface area contributed by atoms with Crippen molar-refractivity contribution in [1.29, 1.82) is 0 Å². The maximum atomic E-state index is 12.7. The van der Waals surface area contributed by atoms with Crippen LogP contribution in [0.5, 0.6) is 0 Å². The van der Waals surface area contributed by atoms with Gasteiger partial charge in [-0.05, 0) is 56.9 Å². The third-order valence-electron chi connectivity index (χ3n) is 5.61. The monoisotopic (exact) mass is 355 g/mol. The number of nitrogens with zero attached hydrogens (tertiary/aromatic N) is 4. The molecule has 4 heterocycles. The molecule has 0 bridgehead atoms. The van der Waals surface area contributed by atoms with E-state index in [1.165, 1.54) is 0 Å². The molecule has 2 aromatic rings. The Morgan fingerprint density at radius 2 is 2.12 bits per heavy atom. The van der Waals surface area contributed by atoms with E-state index >= 15 is 0 Å². The van der Waals surface area contributed by atoms with Crippen LogP contribution in [0.4, 0.5) is 0 Å². The van der Waals surface area contributed by atoms with Crippen molar-refractivity contribution < 1.29 is 4.79 Å². The molecule has 3 N–H and O–H groups in total. The summed E-state index contributed by atoms with van der Waals surface area (Å²) in [5.74, 6) is 1.34. The zero-order chi connectivity index (χ0) is 18.0. The number of pyridine rings is 1. The summed E-state index contributed by atoms with van der Waals surface area (Å²) in [7, 11) is 2.05. The van der Waals surface area contributed by atoms with E-state index in [0.29, 0.717) is 23.6 Å². The minimum absolute atomic E-state index is 0.0595. The summed E-state index contributed by atoms with van der Waals surface area (Å²) < 4.78 is 0. The molecule has 0 aromatic carbocycles. The van der Waals surface area contributed by atoms with Crippen LogP contribution in [0.2, 0.25) is 0 Å². The van der Waals surface area contributed by atoms with E-state index in [9.17, 15) is 4.79 Å². The highest BCUT2D eigenvalue weighted by molar-refractivity contribution is 5.82. The number of hydrogen-bond acceptors (Lipinski definition) is 6. The molecular formula is C18H25N7O. The van der Waals surface area contributed by atoms with Crippen LogP contribution in [0.15, 0.2) is 24.5 Å². The normalized spacial score (nSPS) is 22.6. The van der Waals surface area contributed by atoms with Crippen molar-refractivity contribution >= 4 is 5.91 Å². The quantitative estimate of drug-likeness (QED) is 0.741. The number of likely N-dealkylation sites (tertiary alicyclic amines) is 1. The predicted octanol–water partition coefficient (Wildman–Crippen LogP) is 0.557. The second kappa shape index (κ2) is 7.13. The van der Waals surface area contributed by atoms with Gasteiger partial charge in [0.2, 0.25) is 5.91 Å². The second-order valence-corrected chi connectivity index (χ2v) is 7.44. The maximum Gasteiger partial charge on any atom is 0.237 e. The number of H-pyrrole nitrogens is 1. The van der Waals surface area contributed by atoms with E-state index in [-0.39, 0.29) is 11.9 Å². The summed E-state index contributed by atoms with van der Waals surface area (Å²) >= 11 is 0. The largest absolute Gasteiger partial charge is 0.347 e. The molecule has 2 aliphatic rings. The van der Waals surface area contributed by atoms with Crippen molar-refractivity contribution in [2.45, 2.75) is 31.8 Å². The lowest BCUT2D eigenvalue weighted by Gasteiger charge is -2.33. The Bertz CT molecular complexity index is 754. The van der Waals surface area contributed by atoms with Crippen LogP contribution in [-0.4, -0.2) is 63.7 Å². The van der Waals surface area contributed by atoms with Crippen molar-refractivity contribution in [1.82, 2.24) is 35.7 Å². The number of piperidine rings is 1. The molecule has 0 aliphatic carbocycles. The minimum atomic E-state index is -0.0595. The molecule has 0 radical (unpaired) electrons. The first kappa shape index (κ1) is 17.1. The van der Waals surface area contributed by atoms with Crippen LogP contribution in [-0.2, 0) is 11.3 Å². The third-order valence-corrected chi connectivity index (χ3v) is 5.61. The Kier molecular flexibility index (Phi) is 4.69. The van der Waals surface area contributed by atoms with E-state index in [1.807, 2.05) is 12.1 Å². The molecule has 26 heavy (non-hydrogen) atoms. The lowest BCUT2D eigenvalue weighted by atomic mass is 9.77. The zero-order valence-electron chi connectivity index (χ0n) is 15.0. The fourth-order valence-corrected chi connectivity index (χ4v) is 4.18. The van der Waals surface area contributed by atoms with E-state index in [4.69, 9.17) is 0 Å². The number of carbonyl (C=O) groups excluding carboxylic acids is 1. The molecule has 138 valence electrons. The highest BCUT2D eigenvalue weighted by Crippen LogP contribution is 2.41. The van der Waals surface area contributed by atoms with Gasteiger partial charge in [-0.25, -0.2) is 4.98 Å². The van der Waals surface area contributed by atoms with Crippen molar-refractivity contribution in [2.24, 2.45) is 5.41 Å². The molecule has 2 aliphatic heterocycles. The first-order chi connectivity index (χ1) is 12.7. The topological polar surface area (TPSA) is 98.8 Å². The Labute approximate surface area is 152 Å². The Balaban J connectivity index is 1.35. The van der Waals surface area contributed by atoms with Gasteiger partial charge in [-0.1, -0.05) is 0 Å². The van der Waals surface area contributed by atoms with Crippen LogP contribution in [0.3, 0.4) is 0 Å². The van der Waals surface area contributed by atoms with Crippen LogP contribution < -0.4 is 10.6 Å². The van der Waals surface area contributed by atoms with Crippen molar-refractivity contribution in [2.75, 3.05) is 26.7 Å². The smallest absolute Gasteiger partial charge is 0.237 e. The van der Waals surface area contributed by atoms with Crippen LogP contribution in [0.25, 0.3) is 11.4 Å². The van der Waals surface area contributed by atoms with Crippen molar-refractivity contribution in [3.05, 3.63) is 30.4 Å². The minimum Gasteiger partial charge on any atom is -0.347 e. The van der Waals surface area contributed by atoms with Gasteiger partial charge in [0.25, 0.3) is 0 Å². The number of nitrogens with one attached hydrogen (secondary N) is 3. The number of amides is 1. The SMILES string of the molecule is CN1CC2(CCNCC2)C[C@H]1C(=O)NCc1nc(-c2ccncc2)n[nH]1. The number of carbonyl (C=O) groups is 1. The van der Waals surface area contributed by atoms with Crippen LogP contribution in [0.1, 0.15) is 25.1 Å². The van der Waals surface area contributed by atoms with Crippen LogP contribution in [0, 0.1) is 5.41 Å². The summed E-state index contributed by atoms with van der Waals surface area (Å²) in [6, 6.07) is 3.66. The Morgan fingerprint density at radius 3 is 2.88 bits per heavy atom. The van der Waals surface area contributed by atoms with Crippen LogP contribution >= 0.6 is 0 Å². The maximum absolute atomic E-state index is 12.7. The molecule has 0 unspecified atom stereocenters. The van der Waals surface area contributed by atoms with Gasteiger partial charge in [0, 0.05) is 24.5 Å². The molecule has 1 atom stereocenters. The van der Waals surface area contributed by atoms with Gasteiger partial charge < -0.3 is 10.6 Å². The molecule has 1 spiro atoms. The Hall–Kier alpha value is -2.32. The number of hydrogen-bond donors (Lipinski definition) is 3. The van der Waals surface area contributed by atoms with Gasteiger partial charge in [0.1, 0.15) is 5.82 Å². The van der Waals surface area contributed by atoms with Crippen molar-refractivity contribution in [3.63, 3.8) is 0 Å². The highest BCUT2D eigenvalue weighted by atomic mass is 16.2. The third kappa shape index (κ3) is 3.47. The number of aromatic nitrogens is 4. The van der Waals surface area contributed by atoms with E-state index in [1.54, 1.807) is 12.4 Å². The zero-order valence-corrected chi connectivity index (χ0v) is 15.0.